The summed E-state index contributed by atoms with van der Waals surface area (Å²) in [5.41, 5.74) is 5.76. The normalized spacial score (nSPS) is 22.8. The highest BCUT2D eigenvalue weighted by Gasteiger charge is 2.21. The molecule has 0 aromatic carbocycles. The van der Waals surface area contributed by atoms with E-state index in [1.807, 2.05) is 0 Å². The molecule has 102 valence electrons. The first-order valence-corrected chi connectivity index (χ1v) is 7.32. The number of aliphatic hydroxyl groups is 1. The number of hydrogen-bond donors (Lipinski definition) is 2. The molecule has 0 bridgehead atoms. The maximum atomic E-state index is 9.27. The predicted octanol–water partition coefficient (Wildman–Crippen LogP) is 2.13. The SMILES string of the molecule is CCC(N)(CO)CCCN1CCCCCCC1. The minimum absolute atomic E-state index is 0.115. The van der Waals surface area contributed by atoms with Crippen molar-refractivity contribution in [2.75, 3.05) is 26.2 Å². The van der Waals surface area contributed by atoms with Crippen molar-refractivity contribution >= 4 is 0 Å². The second-order valence-electron chi connectivity index (χ2n) is 5.59. The van der Waals surface area contributed by atoms with E-state index in [-0.39, 0.29) is 12.1 Å². The molecule has 1 fully saturated rings. The van der Waals surface area contributed by atoms with Crippen LogP contribution in [-0.2, 0) is 0 Å². The largest absolute Gasteiger partial charge is 0.394 e. The van der Waals surface area contributed by atoms with E-state index >= 15 is 0 Å². The van der Waals surface area contributed by atoms with Gasteiger partial charge in [0.15, 0.2) is 0 Å². The Morgan fingerprint density at radius 1 is 1.12 bits per heavy atom. The average molecular weight is 242 g/mol. The Hall–Kier alpha value is -0.120. The number of likely N-dealkylation sites (tertiary alicyclic amines) is 1. The van der Waals surface area contributed by atoms with E-state index < -0.39 is 0 Å². The minimum Gasteiger partial charge on any atom is -0.394 e. The molecule has 1 heterocycles. The third-order valence-electron chi connectivity index (χ3n) is 4.12. The van der Waals surface area contributed by atoms with Crippen LogP contribution in [0.1, 0.15) is 58.3 Å². The lowest BCUT2D eigenvalue weighted by molar-refractivity contribution is 0.169. The fourth-order valence-electron chi connectivity index (χ4n) is 2.56. The molecule has 1 aliphatic rings. The zero-order valence-corrected chi connectivity index (χ0v) is 11.5. The molecule has 1 atom stereocenters. The summed E-state index contributed by atoms with van der Waals surface area (Å²) < 4.78 is 0. The summed E-state index contributed by atoms with van der Waals surface area (Å²) >= 11 is 0. The lowest BCUT2D eigenvalue weighted by Gasteiger charge is -2.28. The van der Waals surface area contributed by atoms with E-state index in [0.717, 1.165) is 25.8 Å². The van der Waals surface area contributed by atoms with Crippen molar-refractivity contribution in [1.29, 1.82) is 0 Å². The lowest BCUT2D eigenvalue weighted by Crippen LogP contribution is -2.43. The zero-order chi connectivity index (χ0) is 12.6. The number of aliphatic hydroxyl groups excluding tert-OH is 1. The molecule has 0 radical (unpaired) electrons. The van der Waals surface area contributed by atoms with E-state index in [9.17, 15) is 5.11 Å². The van der Waals surface area contributed by atoms with Crippen molar-refractivity contribution in [2.45, 2.75) is 63.8 Å². The van der Waals surface area contributed by atoms with E-state index in [1.165, 1.54) is 45.2 Å². The standard InChI is InChI=1S/C14H30N2O/c1-2-14(15,13-17)9-8-12-16-10-6-4-3-5-7-11-16/h17H,2-13,15H2,1H3. The van der Waals surface area contributed by atoms with Crippen molar-refractivity contribution < 1.29 is 5.11 Å². The van der Waals surface area contributed by atoms with Crippen LogP contribution in [0.3, 0.4) is 0 Å². The molecule has 3 N–H and O–H groups in total. The molecular weight excluding hydrogens is 212 g/mol. The molecule has 17 heavy (non-hydrogen) atoms. The van der Waals surface area contributed by atoms with Gasteiger partial charge in [0.1, 0.15) is 0 Å². The van der Waals surface area contributed by atoms with Crippen LogP contribution in [0.25, 0.3) is 0 Å². The Bertz CT molecular complexity index is 185. The molecule has 3 heteroatoms. The van der Waals surface area contributed by atoms with Crippen molar-refractivity contribution in [3.8, 4) is 0 Å². The van der Waals surface area contributed by atoms with E-state index in [2.05, 4.69) is 11.8 Å². The van der Waals surface area contributed by atoms with Gasteiger partial charge in [0, 0.05) is 5.54 Å². The number of nitrogens with zero attached hydrogens (tertiary/aromatic N) is 1. The van der Waals surface area contributed by atoms with Gasteiger partial charge in [-0.25, -0.2) is 0 Å². The molecule has 0 amide bonds. The molecule has 0 aliphatic carbocycles. The Morgan fingerprint density at radius 2 is 1.71 bits per heavy atom. The number of hydrogen-bond acceptors (Lipinski definition) is 3. The molecule has 3 nitrogen and oxygen atoms in total. The maximum Gasteiger partial charge on any atom is 0.0611 e. The first-order valence-electron chi connectivity index (χ1n) is 7.32. The van der Waals surface area contributed by atoms with Crippen molar-refractivity contribution in [1.82, 2.24) is 4.90 Å². The van der Waals surface area contributed by atoms with Gasteiger partial charge in [0.25, 0.3) is 0 Å². The first-order chi connectivity index (χ1) is 8.20. The van der Waals surface area contributed by atoms with Gasteiger partial charge in [-0.3, -0.25) is 0 Å². The molecule has 0 aromatic heterocycles. The van der Waals surface area contributed by atoms with E-state index in [0.29, 0.717) is 0 Å². The first kappa shape index (κ1) is 14.9. The summed E-state index contributed by atoms with van der Waals surface area (Å²) in [4.78, 5) is 2.58. The monoisotopic (exact) mass is 242 g/mol. The molecule has 0 spiro atoms. The maximum absolute atomic E-state index is 9.27. The Kier molecular flexibility index (Phi) is 7.09. The average Bonchev–Trinajstić information content (AvgIpc) is 2.31. The third kappa shape index (κ3) is 5.84. The summed E-state index contributed by atoms with van der Waals surface area (Å²) in [5.74, 6) is 0. The second kappa shape index (κ2) is 8.06. The number of nitrogens with two attached hydrogens (primary N) is 1. The summed E-state index contributed by atoms with van der Waals surface area (Å²) in [5, 5.41) is 9.27. The Labute approximate surface area is 106 Å². The summed E-state index contributed by atoms with van der Waals surface area (Å²) in [7, 11) is 0. The fraction of sp³-hybridized carbons (Fsp3) is 1.00. The van der Waals surface area contributed by atoms with Crippen LogP contribution < -0.4 is 5.73 Å². The van der Waals surface area contributed by atoms with Gasteiger partial charge >= 0.3 is 0 Å². The van der Waals surface area contributed by atoms with Crippen LogP contribution in [0, 0.1) is 0 Å². The van der Waals surface area contributed by atoms with Crippen LogP contribution in [-0.4, -0.2) is 41.8 Å². The molecule has 1 unspecified atom stereocenters. The van der Waals surface area contributed by atoms with Gasteiger partial charge in [-0.15, -0.1) is 0 Å². The van der Waals surface area contributed by atoms with Crippen LogP contribution in [0.15, 0.2) is 0 Å². The molecular formula is C14H30N2O. The quantitative estimate of drug-likeness (QED) is 0.750. The highest BCUT2D eigenvalue weighted by atomic mass is 16.3. The minimum atomic E-state index is -0.345. The van der Waals surface area contributed by atoms with Crippen LogP contribution in [0.4, 0.5) is 0 Å². The van der Waals surface area contributed by atoms with Gasteiger partial charge in [-0.1, -0.05) is 26.2 Å². The van der Waals surface area contributed by atoms with Gasteiger partial charge in [-0.05, 0) is 51.7 Å². The molecule has 1 saturated heterocycles. The highest BCUT2D eigenvalue weighted by molar-refractivity contribution is 4.81. The van der Waals surface area contributed by atoms with Crippen molar-refractivity contribution in [2.24, 2.45) is 5.73 Å². The fourth-order valence-corrected chi connectivity index (χ4v) is 2.56. The molecule has 0 aromatic rings. The summed E-state index contributed by atoms with van der Waals surface area (Å²) in [6, 6.07) is 0. The van der Waals surface area contributed by atoms with Gasteiger partial charge in [0.05, 0.1) is 6.61 Å². The van der Waals surface area contributed by atoms with Gasteiger partial charge in [-0.2, -0.15) is 0 Å². The Morgan fingerprint density at radius 3 is 2.24 bits per heavy atom. The smallest absolute Gasteiger partial charge is 0.0611 e. The molecule has 1 aliphatic heterocycles. The second-order valence-corrected chi connectivity index (χ2v) is 5.59. The topological polar surface area (TPSA) is 49.5 Å². The van der Waals surface area contributed by atoms with Crippen LogP contribution in [0.5, 0.6) is 0 Å². The van der Waals surface area contributed by atoms with Crippen LogP contribution >= 0.6 is 0 Å². The Balaban J connectivity index is 2.19. The predicted molar refractivity (Wildman–Crippen MR) is 73.1 cm³/mol. The van der Waals surface area contributed by atoms with Gasteiger partial charge < -0.3 is 15.7 Å². The van der Waals surface area contributed by atoms with Crippen LogP contribution in [0.2, 0.25) is 0 Å². The number of rotatable bonds is 6. The molecule has 1 rings (SSSR count). The summed E-state index contributed by atoms with van der Waals surface area (Å²) in [6.45, 7) is 5.83. The van der Waals surface area contributed by atoms with Crippen molar-refractivity contribution in [3.63, 3.8) is 0 Å². The zero-order valence-electron chi connectivity index (χ0n) is 11.5. The highest BCUT2D eigenvalue weighted by Crippen LogP contribution is 2.15. The third-order valence-corrected chi connectivity index (χ3v) is 4.12. The summed E-state index contributed by atoms with van der Waals surface area (Å²) in [6.07, 6.45) is 9.82. The lowest BCUT2D eigenvalue weighted by atomic mass is 9.92. The van der Waals surface area contributed by atoms with E-state index in [4.69, 9.17) is 5.73 Å². The van der Waals surface area contributed by atoms with E-state index in [1.54, 1.807) is 0 Å². The molecule has 0 saturated carbocycles. The van der Waals surface area contributed by atoms with Gasteiger partial charge in [0.2, 0.25) is 0 Å². The van der Waals surface area contributed by atoms with Crippen molar-refractivity contribution in [3.05, 3.63) is 0 Å².